The smallest absolute Gasteiger partial charge is 0.333 e. The quantitative estimate of drug-likeness (QED) is 0.253. The number of rotatable bonds is 12. The summed E-state index contributed by atoms with van der Waals surface area (Å²) in [5.74, 6) is -1.63. The van der Waals surface area contributed by atoms with E-state index in [0.717, 1.165) is 23.2 Å². The summed E-state index contributed by atoms with van der Waals surface area (Å²) in [5, 5.41) is 1.61. The molecule has 2 amide bonds. The van der Waals surface area contributed by atoms with E-state index >= 15 is 0 Å². The first-order valence-electron chi connectivity index (χ1n) is 12.8. The molecular weight excluding hydrogens is 532 g/mol. The minimum absolute atomic E-state index is 0.0149. The van der Waals surface area contributed by atoms with Crippen LogP contribution in [0.5, 0.6) is 5.75 Å². The van der Waals surface area contributed by atoms with Crippen LogP contribution in [0.3, 0.4) is 0 Å². The van der Waals surface area contributed by atoms with Crippen LogP contribution in [0.4, 0.5) is 4.79 Å². The van der Waals surface area contributed by atoms with E-state index in [1.807, 2.05) is 37.3 Å². The number of thioether (sulfide) groups is 1. The molecule has 0 bridgehead atoms. The Morgan fingerprint density at radius 3 is 2.30 bits per heavy atom. The number of methoxy groups -OCH3 is 1. The molecule has 0 saturated carbocycles. The molecule has 0 aliphatic carbocycles. The Labute approximate surface area is 236 Å². The van der Waals surface area contributed by atoms with E-state index in [1.54, 1.807) is 42.6 Å². The van der Waals surface area contributed by atoms with E-state index in [1.165, 1.54) is 7.11 Å². The van der Waals surface area contributed by atoms with Crippen LogP contribution >= 0.6 is 11.8 Å². The summed E-state index contributed by atoms with van der Waals surface area (Å²) in [5.41, 5.74) is 3.23. The lowest BCUT2D eigenvalue weighted by Gasteiger charge is -2.22. The molecule has 1 aromatic heterocycles. The largest absolute Gasteiger partial charge is 0.493 e. The molecule has 1 aliphatic rings. The fourth-order valence-corrected chi connectivity index (χ4v) is 5.18. The summed E-state index contributed by atoms with van der Waals surface area (Å²) in [6.45, 7) is 2.22. The van der Waals surface area contributed by atoms with Crippen LogP contribution in [0.1, 0.15) is 41.6 Å². The Morgan fingerprint density at radius 2 is 1.70 bits per heavy atom. The Kier molecular flexibility index (Phi) is 9.55. The van der Waals surface area contributed by atoms with Crippen LogP contribution in [-0.2, 0) is 43.3 Å². The van der Waals surface area contributed by atoms with Crippen LogP contribution in [0.25, 0.3) is 0 Å². The first-order valence-corrected chi connectivity index (χ1v) is 13.6. The van der Waals surface area contributed by atoms with Crippen molar-refractivity contribution in [2.75, 3.05) is 13.7 Å². The molecular formula is C30H30N2O7S. The number of imide groups is 1. The molecule has 4 rings (SSSR count). The Morgan fingerprint density at radius 1 is 0.975 bits per heavy atom. The molecule has 1 fully saturated rings. The number of hydrogen-bond donors (Lipinski definition) is 1. The number of nitrogens with zero attached hydrogens (tertiary/aromatic N) is 1. The van der Waals surface area contributed by atoms with Crippen molar-refractivity contribution in [3.8, 4) is 5.75 Å². The molecule has 1 saturated heterocycles. The SMILES string of the molecule is CCc1ccc(C(COc2ccc(CC3(C(=O)OCc4ccccc4)SC(=O)NC3=O)cc2)CC(=O)OC)nc1. The number of carbonyl (C=O) groups is 4. The lowest BCUT2D eigenvalue weighted by atomic mass is 9.97. The van der Waals surface area contributed by atoms with Gasteiger partial charge in [0.05, 0.1) is 20.1 Å². The van der Waals surface area contributed by atoms with Gasteiger partial charge in [0.1, 0.15) is 12.4 Å². The van der Waals surface area contributed by atoms with Gasteiger partial charge in [0.15, 0.2) is 0 Å². The first kappa shape index (κ1) is 28.8. The van der Waals surface area contributed by atoms with Crippen molar-refractivity contribution in [1.29, 1.82) is 0 Å². The van der Waals surface area contributed by atoms with E-state index in [9.17, 15) is 19.2 Å². The number of benzene rings is 2. The maximum atomic E-state index is 13.1. The summed E-state index contributed by atoms with van der Waals surface area (Å²) in [6.07, 6.45) is 2.72. The molecule has 0 radical (unpaired) electrons. The van der Waals surface area contributed by atoms with Crippen LogP contribution < -0.4 is 10.1 Å². The second-order valence-corrected chi connectivity index (χ2v) is 10.6. The number of esters is 2. The molecule has 2 heterocycles. The van der Waals surface area contributed by atoms with Crippen molar-refractivity contribution in [3.63, 3.8) is 0 Å². The predicted octanol–water partition coefficient (Wildman–Crippen LogP) is 4.38. The lowest BCUT2D eigenvalue weighted by Crippen LogP contribution is -2.46. The number of aryl methyl sites for hydroxylation is 1. The number of hydrogen-bond acceptors (Lipinski definition) is 9. The topological polar surface area (TPSA) is 121 Å². The third kappa shape index (κ3) is 7.06. The van der Waals surface area contributed by atoms with Crippen LogP contribution in [0, 0.1) is 0 Å². The molecule has 0 spiro atoms. The second kappa shape index (κ2) is 13.3. The van der Waals surface area contributed by atoms with Gasteiger partial charge in [0, 0.05) is 24.2 Å². The summed E-state index contributed by atoms with van der Waals surface area (Å²) in [7, 11) is 1.34. The molecule has 208 valence electrons. The Hall–Kier alpha value is -4.18. The van der Waals surface area contributed by atoms with Gasteiger partial charge >= 0.3 is 11.9 Å². The van der Waals surface area contributed by atoms with Gasteiger partial charge in [-0.2, -0.15) is 0 Å². The number of amides is 2. The van der Waals surface area contributed by atoms with E-state index < -0.39 is 21.9 Å². The third-order valence-electron chi connectivity index (χ3n) is 6.53. The van der Waals surface area contributed by atoms with Gasteiger partial charge in [0.25, 0.3) is 11.1 Å². The zero-order valence-electron chi connectivity index (χ0n) is 22.3. The van der Waals surface area contributed by atoms with Crippen LogP contribution in [0.15, 0.2) is 72.9 Å². The molecule has 2 unspecified atom stereocenters. The lowest BCUT2D eigenvalue weighted by molar-refractivity contribution is -0.151. The molecule has 2 atom stereocenters. The van der Waals surface area contributed by atoms with Crippen molar-refractivity contribution in [1.82, 2.24) is 10.3 Å². The molecule has 3 aromatic rings. The molecule has 10 heteroatoms. The fourth-order valence-electron chi connectivity index (χ4n) is 4.19. The fraction of sp³-hybridized carbons (Fsp3) is 0.300. The van der Waals surface area contributed by atoms with Gasteiger partial charge in [-0.15, -0.1) is 0 Å². The van der Waals surface area contributed by atoms with Gasteiger partial charge < -0.3 is 14.2 Å². The highest BCUT2D eigenvalue weighted by Gasteiger charge is 2.55. The minimum Gasteiger partial charge on any atom is -0.493 e. The van der Waals surface area contributed by atoms with Gasteiger partial charge in [-0.05, 0) is 53.1 Å². The monoisotopic (exact) mass is 562 g/mol. The maximum absolute atomic E-state index is 13.1. The van der Waals surface area contributed by atoms with E-state index in [0.29, 0.717) is 23.1 Å². The average Bonchev–Trinajstić information content (AvgIpc) is 3.28. The van der Waals surface area contributed by atoms with Gasteiger partial charge in [0.2, 0.25) is 4.75 Å². The highest BCUT2D eigenvalue weighted by atomic mass is 32.2. The molecule has 9 nitrogen and oxygen atoms in total. The maximum Gasteiger partial charge on any atom is 0.333 e. The molecule has 1 aliphatic heterocycles. The molecule has 40 heavy (non-hydrogen) atoms. The van der Waals surface area contributed by atoms with Crippen molar-refractivity contribution in [3.05, 3.63) is 95.3 Å². The number of aromatic nitrogens is 1. The number of carbonyl (C=O) groups excluding carboxylic acids is 4. The second-order valence-electron chi connectivity index (χ2n) is 9.29. The number of ether oxygens (including phenoxy) is 3. The Bertz CT molecular complexity index is 1350. The van der Waals surface area contributed by atoms with Gasteiger partial charge in [-0.3, -0.25) is 24.7 Å². The zero-order chi connectivity index (χ0) is 28.5. The van der Waals surface area contributed by atoms with Crippen molar-refractivity contribution < 1.29 is 33.4 Å². The van der Waals surface area contributed by atoms with E-state index in [-0.39, 0.29) is 37.9 Å². The number of nitrogens with one attached hydrogen (secondary N) is 1. The minimum atomic E-state index is -1.73. The van der Waals surface area contributed by atoms with Crippen molar-refractivity contribution in [2.45, 2.75) is 43.5 Å². The summed E-state index contributed by atoms with van der Waals surface area (Å²) in [6, 6.07) is 19.8. The summed E-state index contributed by atoms with van der Waals surface area (Å²) < 4.78 is 14.5. The standard InChI is InChI=1S/C30H30N2O7S/c1-3-20-11-14-25(31-17-20)23(15-26(33)37-2)19-38-24-12-9-21(10-13-24)16-30(27(34)32-29(36)40-30)28(35)39-18-22-7-5-4-6-8-22/h4-14,17,23H,3,15-16,18-19H2,1-2H3,(H,32,34,36). The summed E-state index contributed by atoms with van der Waals surface area (Å²) >= 11 is 0.629. The highest BCUT2D eigenvalue weighted by molar-refractivity contribution is 8.16. The number of pyridine rings is 1. The highest BCUT2D eigenvalue weighted by Crippen LogP contribution is 2.37. The van der Waals surface area contributed by atoms with Crippen molar-refractivity contribution >= 4 is 34.8 Å². The molecule has 1 N–H and O–H groups in total. The third-order valence-corrected chi connectivity index (χ3v) is 7.67. The van der Waals surface area contributed by atoms with E-state index in [2.05, 4.69) is 10.3 Å². The van der Waals surface area contributed by atoms with Crippen molar-refractivity contribution in [2.24, 2.45) is 0 Å². The predicted molar refractivity (Wildman–Crippen MR) is 149 cm³/mol. The molecule has 2 aromatic carbocycles. The normalized spacial score (nSPS) is 17.1. The zero-order valence-corrected chi connectivity index (χ0v) is 23.1. The van der Waals surface area contributed by atoms with Gasteiger partial charge in [-0.1, -0.05) is 55.5 Å². The van der Waals surface area contributed by atoms with E-state index in [4.69, 9.17) is 14.2 Å². The van der Waals surface area contributed by atoms with Gasteiger partial charge in [-0.25, -0.2) is 4.79 Å². The summed E-state index contributed by atoms with van der Waals surface area (Å²) in [4.78, 5) is 54.4. The average molecular weight is 563 g/mol. The van der Waals surface area contributed by atoms with Crippen LogP contribution in [0.2, 0.25) is 0 Å². The van der Waals surface area contributed by atoms with Crippen LogP contribution in [-0.4, -0.2) is 46.5 Å². The Balaban J connectivity index is 1.44. The first-order chi connectivity index (χ1) is 19.3.